The molecule has 2 aliphatic rings. The third kappa shape index (κ3) is 3.39. The Hall–Kier alpha value is -1.26. The van der Waals surface area contributed by atoms with Crippen molar-refractivity contribution < 1.29 is 9.53 Å². The Morgan fingerprint density at radius 3 is 2.55 bits per heavy atom. The van der Waals surface area contributed by atoms with E-state index in [4.69, 9.17) is 16.3 Å². The summed E-state index contributed by atoms with van der Waals surface area (Å²) in [7, 11) is 0. The third-order valence-electron chi connectivity index (χ3n) is 4.33. The van der Waals surface area contributed by atoms with Crippen LogP contribution in [0, 0.1) is 11.8 Å². The van der Waals surface area contributed by atoms with Crippen LogP contribution < -0.4 is 5.32 Å². The maximum absolute atomic E-state index is 12.0. The molecule has 1 amide bonds. The summed E-state index contributed by atoms with van der Waals surface area (Å²) in [6.45, 7) is 8.06. The summed E-state index contributed by atoms with van der Waals surface area (Å²) in [6, 6.07) is 8.39. The predicted molar refractivity (Wildman–Crippen MR) is 86.9 cm³/mol. The molecule has 1 saturated heterocycles. The molecule has 1 aromatic carbocycles. The molecule has 1 saturated carbocycles. The van der Waals surface area contributed by atoms with Crippen LogP contribution in [0.5, 0.6) is 0 Å². The highest BCUT2D eigenvalue weighted by atomic mass is 35.5. The van der Waals surface area contributed by atoms with Crippen molar-refractivity contribution in [1.82, 2.24) is 10.2 Å². The number of hydrogen-bond donors (Lipinski definition) is 1. The largest absolute Gasteiger partial charge is 0.444 e. The number of nitrogens with one attached hydrogen (secondary N) is 1. The van der Waals surface area contributed by atoms with Gasteiger partial charge >= 0.3 is 6.09 Å². The van der Waals surface area contributed by atoms with Gasteiger partial charge in [0.25, 0.3) is 0 Å². The van der Waals surface area contributed by atoms with Gasteiger partial charge in [-0.25, -0.2) is 4.79 Å². The standard InChI is InChI=1S/C17H23ClN2O2/c1-17(2,3)22-16(21)20-9-12-13(10-20)15(12)19-8-11-6-4-5-7-14(11)18/h4-7,12-13,15,19H,8-10H2,1-3H3. The van der Waals surface area contributed by atoms with Crippen molar-refractivity contribution in [2.45, 2.75) is 39.0 Å². The van der Waals surface area contributed by atoms with Crippen LogP contribution in [-0.2, 0) is 11.3 Å². The molecule has 3 rings (SSSR count). The maximum Gasteiger partial charge on any atom is 0.410 e. The Kier molecular flexibility index (Phi) is 4.08. The van der Waals surface area contributed by atoms with Gasteiger partial charge in [-0.05, 0) is 44.2 Å². The van der Waals surface area contributed by atoms with Gasteiger partial charge in [-0.2, -0.15) is 0 Å². The average molecular weight is 323 g/mol. The van der Waals surface area contributed by atoms with Gasteiger partial charge in [0, 0.05) is 30.7 Å². The fraction of sp³-hybridized carbons (Fsp3) is 0.588. The lowest BCUT2D eigenvalue weighted by molar-refractivity contribution is 0.0269. The summed E-state index contributed by atoms with van der Waals surface area (Å²) in [5.74, 6) is 1.10. The van der Waals surface area contributed by atoms with E-state index in [0.717, 1.165) is 30.2 Å². The minimum atomic E-state index is -0.425. The predicted octanol–water partition coefficient (Wildman–Crippen LogP) is 3.29. The second kappa shape index (κ2) is 5.74. The fourth-order valence-corrected chi connectivity index (χ4v) is 3.38. The van der Waals surface area contributed by atoms with Crippen molar-refractivity contribution in [1.29, 1.82) is 0 Å². The number of piperidine rings is 1. The van der Waals surface area contributed by atoms with Crippen LogP contribution in [0.1, 0.15) is 26.3 Å². The molecule has 0 spiro atoms. The first kappa shape index (κ1) is 15.6. The zero-order valence-corrected chi connectivity index (χ0v) is 14.1. The van der Waals surface area contributed by atoms with E-state index in [1.165, 1.54) is 0 Å². The van der Waals surface area contributed by atoms with Crippen LogP contribution in [0.25, 0.3) is 0 Å². The summed E-state index contributed by atoms with van der Waals surface area (Å²) in [5.41, 5.74) is 0.698. The van der Waals surface area contributed by atoms with E-state index in [9.17, 15) is 4.79 Å². The van der Waals surface area contributed by atoms with Gasteiger partial charge in [-0.3, -0.25) is 0 Å². The number of benzene rings is 1. The molecule has 1 heterocycles. The number of halogens is 1. The molecule has 2 fully saturated rings. The second-order valence-corrected chi connectivity index (χ2v) is 7.62. The molecular formula is C17H23ClN2O2. The molecule has 4 nitrogen and oxygen atoms in total. The number of likely N-dealkylation sites (tertiary alicyclic amines) is 1. The highest BCUT2D eigenvalue weighted by Crippen LogP contribution is 2.46. The van der Waals surface area contributed by atoms with E-state index in [1.807, 2.05) is 49.9 Å². The molecule has 2 unspecified atom stereocenters. The molecule has 120 valence electrons. The SMILES string of the molecule is CC(C)(C)OC(=O)N1CC2C(C1)C2NCc1ccccc1Cl. The number of carbonyl (C=O) groups excluding carboxylic acids is 1. The summed E-state index contributed by atoms with van der Waals surface area (Å²) in [6.07, 6.45) is -0.190. The number of hydrogen-bond acceptors (Lipinski definition) is 3. The van der Waals surface area contributed by atoms with Gasteiger partial charge < -0.3 is 15.0 Å². The van der Waals surface area contributed by atoms with Gasteiger partial charge in [0.05, 0.1) is 0 Å². The molecule has 1 aromatic rings. The smallest absolute Gasteiger partial charge is 0.410 e. The fourth-order valence-electron chi connectivity index (χ4n) is 3.17. The summed E-state index contributed by atoms with van der Waals surface area (Å²) in [4.78, 5) is 13.9. The van der Waals surface area contributed by atoms with Crippen LogP contribution in [0.3, 0.4) is 0 Å². The first-order chi connectivity index (χ1) is 10.3. The van der Waals surface area contributed by atoms with E-state index in [0.29, 0.717) is 17.9 Å². The Labute approximate surface area is 136 Å². The second-order valence-electron chi connectivity index (χ2n) is 7.21. The van der Waals surface area contributed by atoms with Gasteiger partial charge in [0.2, 0.25) is 0 Å². The van der Waals surface area contributed by atoms with Gasteiger partial charge in [-0.15, -0.1) is 0 Å². The molecule has 0 aromatic heterocycles. The van der Waals surface area contributed by atoms with Crippen LogP contribution >= 0.6 is 11.6 Å². The first-order valence-electron chi connectivity index (χ1n) is 7.80. The zero-order valence-electron chi connectivity index (χ0n) is 13.3. The summed E-state index contributed by atoms with van der Waals surface area (Å²) in [5, 5.41) is 4.36. The Balaban J connectivity index is 1.45. The quantitative estimate of drug-likeness (QED) is 0.928. The summed E-state index contributed by atoms with van der Waals surface area (Å²) >= 11 is 6.17. The average Bonchev–Trinajstić information content (AvgIpc) is 2.88. The molecule has 5 heteroatoms. The van der Waals surface area contributed by atoms with E-state index < -0.39 is 5.60 Å². The lowest BCUT2D eigenvalue weighted by Gasteiger charge is -2.26. The molecule has 2 atom stereocenters. The lowest BCUT2D eigenvalue weighted by atomic mass is 10.2. The monoisotopic (exact) mass is 322 g/mol. The minimum absolute atomic E-state index is 0.190. The molecule has 1 N–H and O–H groups in total. The van der Waals surface area contributed by atoms with E-state index in [-0.39, 0.29) is 6.09 Å². The van der Waals surface area contributed by atoms with Crippen LogP contribution in [0.15, 0.2) is 24.3 Å². The molecule has 1 aliphatic carbocycles. The van der Waals surface area contributed by atoms with Crippen LogP contribution in [0.4, 0.5) is 4.79 Å². The van der Waals surface area contributed by atoms with Crippen molar-refractivity contribution in [3.63, 3.8) is 0 Å². The van der Waals surface area contributed by atoms with Crippen molar-refractivity contribution in [2.24, 2.45) is 11.8 Å². The van der Waals surface area contributed by atoms with Crippen molar-refractivity contribution in [3.8, 4) is 0 Å². The molecular weight excluding hydrogens is 300 g/mol. The van der Waals surface area contributed by atoms with E-state index >= 15 is 0 Å². The Morgan fingerprint density at radius 2 is 1.95 bits per heavy atom. The van der Waals surface area contributed by atoms with Crippen LogP contribution in [0.2, 0.25) is 5.02 Å². The highest BCUT2D eigenvalue weighted by Gasteiger charge is 2.56. The number of ether oxygens (including phenoxy) is 1. The molecule has 1 aliphatic heterocycles. The number of fused-ring (bicyclic) bond motifs is 1. The molecule has 0 bridgehead atoms. The van der Waals surface area contributed by atoms with Gasteiger partial charge in [0.1, 0.15) is 5.60 Å². The van der Waals surface area contributed by atoms with Crippen molar-refractivity contribution >= 4 is 17.7 Å². The topological polar surface area (TPSA) is 41.6 Å². The van der Waals surface area contributed by atoms with Gasteiger partial charge in [0.15, 0.2) is 0 Å². The number of amides is 1. The highest BCUT2D eigenvalue weighted by molar-refractivity contribution is 6.31. The first-order valence-corrected chi connectivity index (χ1v) is 8.18. The Morgan fingerprint density at radius 1 is 1.32 bits per heavy atom. The maximum atomic E-state index is 12.0. The van der Waals surface area contributed by atoms with Gasteiger partial charge in [-0.1, -0.05) is 29.8 Å². The molecule has 22 heavy (non-hydrogen) atoms. The third-order valence-corrected chi connectivity index (χ3v) is 4.70. The number of nitrogens with zero attached hydrogens (tertiary/aromatic N) is 1. The molecule has 0 radical (unpaired) electrons. The lowest BCUT2D eigenvalue weighted by Crippen LogP contribution is -2.39. The summed E-state index contributed by atoms with van der Waals surface area (Å²) < 4.78 is 5.42. The van der Waals surface area contributed by atoms with Crippen molar-refractivity contribution in [2.75, 3.05) is 13.1 Å². The minimum Gasteiger partial charge on any atom is -0.444 e. The van der Waals surface area contributed by atoms with Crippen molar-refractivity contribution in [3.05, 3.63) is 34.9 Å². The van der Waals surface area contributed by atoms with E-state index in [2.05, 4.69) is 5.32 Å². The van der Waals surface area contributed by atoms with E-state index in [1.54, 1.807) is 0 Å². The number of rotatable bonds is 3. The van der Waals surface area contributed by atoms with Crippen LogP contribution in [-0.4, -0.2) is 35.7 Å². The number of carbonyl (C=O) groups is 1. The Bertz CT molecular complexity index is 558. The zero-order chi connectivity index (χ0) is 15.9. The normalized spacial score (nSPS) is 26.7.